The topological polar surface area (TPSA) is 45.2 Å². The molecule has 0 spiro atoms. The van der Waals surface area contributed by atoms with Gasteiger partial charge in [0.2, 0.25) is 0 Å². The lowest BCUT2D eigenvalue weighted by Gasteiger charge is -2.35. The molecule has 2 aromatic rings. The summed E-state index contributed by atoms with van der Waals surface area (Å²) in [6.45, 7) is 9.15. The molecule has 0 aliphatic carbocycles. The van der Waals surface area contributed by atoms with Crippen LogP contribution in [0, 0.1) is 6.92 Å². The van der Waals surface area contributed by atoms with Crippen molar-refractivity contribution in [3.8, 4) is 5.75 Å². The van der Waals surface area contributed by atoms with Crippen molar-refractivity contribution < 1.29 is 14.0 Å². The quantitative estimate of drug-likeness (QED) is 0.599. The van der Waals surface area contributed by atoms with E-state index in [1.165, 1.54) is 28.7 Å². The zero-order valence-electron chi connectivity index (χ0n) is 18.5. The number of para-hydroxylation sites is 1. The number of rotatable bonds is 9. The Morgan fingerprint density at radius 1 is 1.06 bits per heavy atom. The first kappa shape index (κ1) is 22.6. The van der Waals surface area contributed by atoms with Crippen molar-refractivity contribution in [1.29, 1.82) is 0 Å². The number of piperazine rings is 1. The Kier molecular flexibility index (Phi) is 8.27. The third-order valence-electron chi connectivity index (χ3n) is 6.20. The molecular weight excluding hydrogens is 408 g/mol. The van der Waals surface area contributed by atoms with Crippen molar-refractivity contribution in [1.82, 2.24) is 9.80 Å². The van der Waals surface area contributed by atoms with Gasteiger partial charge in [-0.25, -0.2) is 0 Å². The van der Waals surface area contributed by atoms with Crippen LogP contribution in [0.5, 0.6) is 5.75 Å². The number of aliphatic hydroxyl groups excluding tert-OH is 1. The Morgan fingerprint density at radius 3 is 2.71 bits per heavy atom. The van der Waals surface area contributed by atoms with Crippen LogP contribution in [0.15, 0.2) is 47.4 Å². The number of fused-ring (bicyclic) bond motifs is 1. The fourth-order valence-corrected chi connectivity index (χ4v) is 5.07. The zero-order valence-corrected chi connectivity index (χ0v) is 19.3. The van der Waals surface area contributed by atoms with Gasteiger partial charge in [-0.05, 0) is 48.9 Å². The molecule has 0 radical (unpaired) electrons. The summed E-state index contributed by atoms with van der Waals surface area (Å²) in [5.41, 5.74) is 4.07. The highest BCUT2D eigenvalue weighted by atomic mass is 32.2. The van der Waals surface area contributed by atoms with Gasteiger partial charge in [0.1, 0.15) is 5.75 Å². The predicted molar refractivity (Wildman–Crippen MR) is 126 cm³/mol. The number of β-amino-alcohol motifs (C(OH)–C–C–N with tert-alkyl or cyclic N) is 1. The number of hydrogen-bond donors (Lipinski definition) is 1. The maximum absolute atomic E-state index is 10.4. The van der Waals surface area contributed by atoms with Crippen LogP contribution in [-0.4, -0.2) is 73.5 Å². The fraction of sp³-hybridized carbons (Fsp3) is 0.520. The summed E-state index contributed by atoms with van der Waals surface area (Å²) in [7, 11) is 0. The molecule has 2 aliphatic heterocycles. The summed E-state index contributed by atoms with van der Waals surface area (Å²) in [6, 6.07) is 14.8. The molecule has 2 aliphatic rings. The molecule has 0 amide bonds. The van der Waals surface area contributed by atoms with E-state index in [9.17, 15) is 5.11 Å². The van der Waals surface area contributed by atoms with E-state index in [4.69, 9.17) is 8.92 Å². The van der Waals surface area contributed by atoms with E-state index in [2.05, 4.69) is 47.1 Å². The van der Waals surface area contributed by atoms with Gasteiger partial charge < -0.3 is 18.9 Å². The fourth-order valence-electron chi connectivity index (χ4n) is 4.32. The van der Waals surface area contributed by atoms with Crippen molar-refractivity contribution in [2.75, 3.05) is 52.5 Å². The Morgan fingerprint density at radius 2 is 1.87 bits per heavy atom. The van der Waals surface area contributed by atoms with Gasteiger partial charge in [0.15, 0.2) is 0 Å². The summed E-state index contributed by atoms with van der Waals surface area (Å²) in [4.78, 5) is 5.88. The molecule has 5 nitrogen and oxygen atoms in total. The Labute approximate surface area is 190 Å². The van der Waals surface area contributed by atoms with Crippen molar-refractivity contribution in [3.63, 3.8) is 0 Å². The van der Waals surface area contributed by atoms with Gasteiger partial charge in [-0.2, -0.15) is 0 Å². The van der Waals surface area contributed by atoms with E-state index in [0.29, 0.717) is 13.2 Å². The van der Waals surface area contributed by atoms with Crippen LogP contribution in [0.4, 0.5) is 0 Å². The lowest BCUT2D eigenvalue weighted by molar-refractivity contribution is 0.0510. The third kappa shape index (κ3) is 6.46. The van der Waals surface area contributed by atoms with Crippen LogP contribution >= 0.6 is 12.0 Å². The van der Waals surface area contributed by atoms with Crippen molar-refractivity contribution in [2.24, 2.45) is 0 Å². The van der Waals surface area contributed by atoms with Gasteiger partial charge in [-0.1, -0.05) is 36.4 Å². The molecule has 2 aromatic carbocycles. The summed E-state index contributed by atoms with van der Waals surface area (Å²) >= 11 is 1.32. The van der Waals surface area contributed by atoms with E-state index in [-0.39, 0.29) is 0 Å². The van der Waals surface area contributed by atoms with E-state index in [0.717, 1.165) is 69.2 Å². The number of aryl methyl sites for hydroxylation is 2. The first-order chi connectivity index (χ1) is 15.2. The maximum atomic E-state index is 10.4. The first-order valence-corrected chi connectivity index (χ1v) is 12.1. The van der Waals surface area contributed by atoms with Crippen LogP contribution in [0.3, 0.4) is 0 Å². The number of aliphatic hydroxyl groups is 1. The van der Waals surface area contributed by atoms with E-state index in [1.807, 2.05) is 12.1 Å². The highest BCUT2D eigenvalue weighted by Gasteiger charge is 2.20. The number of nitrogens with zero attached hydrogens (tertiary/aromatic N) is 2. The second-order valence-corrected chi connectivity index (χ2v) is 9.38. The maximum Gasteiger partial charge on any atom is 0.138 e. The number of benzene rings is 2. The molecule has 1 fully saturated rings. The van der Waals surface area contributed by atoms with Crippen molar-refractivity contribution in [2.45, 2.75) is 37.2 Å². The minimum Gasteiger partial charge on any atom is -0.492 e. The van der Waals surface area contributed by atoms with Gasteiger partial charge >= 0.3 is 0 Å². The van der Waals surface area contributed by atoms with Crippen LogP contribution in [0.1, 0.15) is 23.1 Å². The second-order valence-electron chi connectivity index (χ2n) is 8.54. The third-order valence-corrected chi connectivity index (χ3v) is 6.95. The van der Waals surface area contributed by atoms with E-state index < -0.39 is 6.10 Å². The molecule has 168 valence electrons. The standard InChI is InChI=1S/C25H34N2O3S/c1-20-6-2-3-7-21(20)11-12-26-13-15-27(16-14-26)18-23(28)19-30-31-24-10-4-8-22-9-5-17-29-25(22)24/h2-4,6-8,10,23,28H,5,9,11-19H2,1H3. The average molecular weight is 443 g/mol. The number of ether oxygens (including phenoxy) is 1. The molecule has 1 saturated heterocycles. The summed E-state index contributed by atoms with van der Waals surface area (Å²) < 4.78 is 11.6. The molecule has 31 heavy (non-hydrogen) atoms. The molecule has 6 heteroatoms. The molecule has 1 N–H and O–H groups in total. The smallest absolute Gasteiger partial charge is 0.138 e. The molecular formula is C25H34N2O3S. The Balaban J connectivity index is 1.14. The Hall–Kier alpha value is -1.57. The van der Waals surface area contributed by atoms with Gasteiger partial charge in [0.05, 0.1) is 24.2 Å². The Bertz CT molecular complexity index is 839. The van der Waals surface area contributed by atoms with Crippen LogP contribution < -0.4 is 4.74 Å². The molecule has 2 heterocycles. The highest BCUT2D eigenvalue weighted by molar-refractivity contribution is 7.94. The van der Waals surface area contributed by atoms with Gasteiger partial charge in [-0.15, -0.1) is 0 Å². The lowest BCUT2D eigenvalue weighted by Crippen LogP contribution is -2.49. The molecule has 0 aromatic heterocycles. The van der Waals surface area contributed by atoms with E-state index >= 15 is 0 Å². The molecule has 0 saturated carbocycles. The summed E-state index contributed by atoms with van der Waals surface area (Å²) in [5, 5.41) is 10.4. The second kappa shape index (κ2) is 11.3. The summed E-state index contributed by atoms with van der Waals surface area (Å²) in [6.07, 6.45) is 2.75. The monoisotopic (exact) mass is 442 g/mol. The van der Waals surface area contributed by atoms with Crippen molar-refractivity contribution >= 4 is 12.0 Å². The van der Waals surface area contributed by atoms with Crippen LogP contribution in [0.2, 0.25) is 0 Å². The minimum absolute atomic E-state index is 0.321. The van der Waals surface area contributed by atoms with E-state index in [1.54, 1.807) is 0 Å². The predicted octanol–water partition coefficient (Wildman–Crippen LogP) is 3.56. The SMILES string of the molecule is Cc1ccccc1CCN1CCN(CC(O)COSc2cccc3c2OCCC3)CC1. The average Bonchev–Trinajstić information content (AvgIpc) is 2.80. The van der Waals surface area contributed by atoms with Crippen molar-refractivity contribution in [3.05, 3.63) is 59.2 Å². The molecule has 1 unspecified atom stereocenters. The van der Waals surface area contributed by atoms with Gasteiger partial charge in [0.25, 0.3) is 0 Å². The van der Waals surface area contributed by atoms with Crippen LogP contribution in [0.25, 0.3) is 0 Å². The largest absolute Gasteiger partial charge is 0.492 e. The normalized spacial score (nSPS) is 18.4. The summed E-state index contributed by atoms with van der Waals surface area (Å²) in [5.74, 6) is 0.954. The lowest BCUT2D eigenvalue weighted by atomic mass is 10.1. The van der Waals surface area contributed by atoms with Gasteiger partial charge in [-0.3, -0.25) is 4.90 Å². The molecule has 0 bridgehead atoms. The first-order valence-electron chi connectivity index (χ1n) is 11.4. The van der Waals surface area contributed by atoms with Crippen LogP contribution in [-0.2, 0) is 17.0 Å². The molecule has 1 atom stereocenters. The van der Waals surface area contributed by atoms with Gasteiger partial charge in [0, 0.05) is 51.3 Å². The zero-order chi connectivity index (χ0) is 21.5. The minimum atomic E-state index is -0.480. The highest BCUT2D eigenvalue weighted by Crippen LogP contribution is 2.36. The molecule has 4 rings (SSSR count). The number of hydrogen-bond acceptors (Lipinski definition) is 6.